The molecule has 1 aromatic carbocycles. The highest BCUT2D eigenvalue weighted by atomic mass is 14.4. The molecule has 0 spiro atoms. The standard InChI is InChI=1S/C17H22/c1-3-4-7-15-12(2)11-14-10-9-13-6-5-8-16(15)17(13)14/h5-6,8,10,12,15H,3-4,7,9,11H2,1-2H3. The zero-order valence-electron chi connectivity index (χ0n) is 11.0. The molecule has 2 aliphatic carbocycles. The van der Waals surface area contributed by atoms with E-state index < -0.39 is 0 Å². The van der Waals surface area contributed by atoms with Crippen LogP contribution >= 0.6 is 0 Å². The van der Waals surface area contributed by atoms with Crippen LogP contribution in [0.15, 0.2) is 24.3 Å². The van der Waals surface area contributed by atoms with Crippen molar-refractivity contribution in [1.29, 1.82) is 0 Å². The maximum atomic E-state index is 2.46. The molecule has 0 heteroatoms. The smallest absolute Gasteiger partial charge is 0.00853 e. The van der Waals surface area contributed by atoms with Gasteiger partial charge in [0.2, 0.25) is 0 Å². The van der Waals surface area contributed by atoms with Crippen LogP contribution in [-0.4, -0.2) is 0 Å². The minimum atomic E-state index is 0.806. The van der Waals surface area contributed by atoms with Gasteiger partial charge in [0.25, 0.3) is 0 Å². The maximum absolute atomic E-state index is 2.46. The quantitative estimate of drug-likeness (QED) is 0.685. The third-order valence-electron chi connectivity index (χ3n) is 4.57. The highest BCUT2D eigenvalue weighted by molar-refractivity contribution is 5.77. The molecule has 1 aromatic rings. The third-order valence-corrected chi connectivity index (χ3v) is 4.57. The van der Waals surface area contributed by atoms with E-state index in [9.17, 15) is 0 Å². The maximum Gasteiger partial charge on any atom is -0.00853 e. The Morgan fingerprint density at radius 1 is 1.29 bits per heavy atom. The Balaban J connectivity index is 2.01. The van der Waals surface area contributed by atoms with Gasteiger partial charge in [0.15, 0.2) is 0 Å². The Hall–Kier alpha value is -1.04. The van der Waals surface area contributed by atoms with Crippen LogP contribution in [0, 0.1) is 5.92 Å². The first-order valence-corrected chi connectivity index (χ1v) is 7.12. The van der Waals surface area contributed by atoms with Gasteiger partial charge >= 0.3 is 0 Å². The zero-order chi connectivity index (χ0) is 11.8. The molecule has 3 rings (SSSR count). The van der Waals surface area contributed by atoms with Crippen molar-refractivity contribution >= 4 is 5.57 Å². The molecule has 0 amide bonds. The summed E-state index contributed by atoms with van der Waals surface area (Å²) in [6.45, 7) is 4.74. The van der Waals surface area contributed by atoms with Gasteiger partial charge < -0.3 is 0 Å². The second kappa shape index (κ2) is 4.33. The minimum Gasteiger partial charge on any atom is -0.0763 e. The van der Waals surface area contributed by atoms with E-state index in [0.29, 0.717) is 0 Å². The fourth-order valence-electron chi connectivity index (χ4n) is 3.67. The summed E-state index contributed by atoms with van der Waals surface area (Å²) in [6, 6.07) is 6.96. The van der Waals surface area contributed by atoms with E-state index in [1.165, 1.54) is 32.1 Å². The van der Waals surface area contributed by atoms with Gasteiger partial charge in [-0.15, -0.1) is 0 Å². The van der Waals surface area contributed by atoms with Crippen molar-refractivity contribution in [3.05, 3.63) is 41.0 Å². The number of allylic oxidation sites excluding steroid dienone is 2. The lowest BCUT2D eigenvalue weighted by Crippen LogP contribution is -2.17. The van der Waals surface area contributed by atoms with Gasteiger partial charge in [-0.3, -0.25) is 0 Å². The topological polar surface area (TPSA) is 0 Å². The normalized spacial score (nSPS) is 25.6. The lowest BCUT2D eigenvalue weighted by molar-refractivity contribution is 0.419. The van der Waals surface area contributed by atoms with Gasteiger partial charge in [-0.25, -0.2) is 0 Å². The van der Waals surface area contributed by atoms with Gasteiger partial charge in [0.1, 0.15) is 0 Å². The minimum absolute atomic E-state index is 0.806. The van der Waals surface area contributed by atoms with E-state index in [2.05, 4.69) is 38.1 Å². The molecule has 0 nitrogen and oxygen atoms in total. The van der Waals surface area contributed by atoms with Gasteiger partial charge in [0.05, 0.1) is 0 Å². The van der Waals surface area contributed by atoms with E-state index in [1.54, 1.807) is 22.3 Å². The number of unbranched alkanes of at least 4 members (excludes halogenated alkanes) is 1. The molecule has 0 aromatic heterocycles. The van der Waals surface area contributed by atoms with Gasteiger partial charge in [-0.2, -0.15) is 0 Å². The average molecular weight is 226 g/mol. The van der Waals surface area contributed by atoms with Crippen molar-refractivity contribution in [2.45, 2.75) is 51.9 Å². The third kappa shape index (κ3) is 1.74. The first-order chi connectivity index (χ1) is 8.31. The summed E-state index contributed by atoms with van der Waals surface area (Å²) < 4.78 is 0. The van der Waals surface area contributed by atoms with Crippen molar-refractivity contribution in [3.8, 4) is 0 Å². The van der Waals surface area contributed by atoms with E-state index in [1.807, 2.05) is 0 Å². The molecule has 2 atom stereocenters. The van der Waals surface area contributed by atoms with Crippen LogP contribution in [-0.2, 0) is 6.42 Å². The molecule has 2 unspecified atom stereocenters. The van der Waals surface area contributed by atoms with Crippen LogP contribution in [0.3, 0.4) is 0 Å². The summed E-state index contributed by atoms with van der Waals surface area (Å²) in [5.41, 5.74) is 6.49. The Morgan fingerprint density at radius 2 is 2.18 bits per heavy atom. The summed E-state index contributed by atoms with van der Waals surface area (Å²) in [4.78, 5) is 0. The summed E-state index contributed by atoms with van der Waals surface area (Å²) in [6.07, 6.45) is 9.00. The Bertz CT molecular complexity index is 453. The molecule has 90 valence electrons. The molecule has 0 saturated heterocycles. The van der Waals surface area contributed by atoms with E-state index in [-0.39, 0.29) is 0 Å². The summed E-state index contributed by atoms with van der Waals surface area (Å²) in [5, 5.41) is 0. The first-order valence-electron chi connectivity index (χ1n) is 7.12. The fourth-order valence-corrected chi connectivity index (χ4v) is 3.67. The second-order valence-electron chi connectivity index (χ2n) is 5.74. The molecular formula is C17H22. The highest BCUT2D eigenvalue weighted by Gasteiger charge is 2.31. The van der Waals surface area contributed by atoms with Gasteiger partial charge in [-0.1, -0.05) is 51.0 Å². The van der Waals surface area contributed by atoms with Crippen LogP contribution in [0.2, 0.25) is 0 Å². The molecule has 0 aliphatic heterocycles. The molecule has 0 radical (unpaired) electrons. The van der Waals surface area contributed by atoms with Crippen molar-refractivity contribution in [3.63, 3.8) is 0 Å². The lowest BCUT2D eigenvalue weighted by Gasteiger charge is -2.32. The molecule has 0 saturated carbocycles. The Morgan fingerprint density at radius 3 is 3.00 bits per heavy atom. The molecular weight excluding hydrogens is 204 g/mol. The second-order valence-corrected chi connectivity index (χ2v) is 5.74. The van der Waals surface area contributed by atoms with Crippen LogP contribution in [0.25, 0.3) is 5.57 Å². The average Bonchev–Trinajstić information content (AvgIpc) is 2.74. The van der Waals surface area contributed by atoms with Gasteiger partial charge in [-0.05, 0) is 53.4 Å². The van der Waals surface area contributed by atoms with E-state index in [0.717, 1.165) is 11.8 Å². The number of benzene rings is 1. The number of hydrogen-bond donors (Lipinski definition) is 0. The number of rotatable bonds is 3. The van der Waals surface area contributed by atoms with Crippen LogP contribution in [0.4, 0.5) is 0 Å². The number of hydrogen-bond acceptors (Lipinski definition) is 0. The fraction of sp³-hybridized carbons (Fsp3) is 0.529. The molecule has 0 fully saturated rings. The van der Waals surface area contributed by atoms with Crippen LogP contribution < -0.4 is 0 Å². The molecule has 17 heavy (non-hydrogen) atoms. The van der Waals surface area contributed by atoms with Crippen LogP contribution in [0.1, 0.15) is 62.1 Å². The molecule has 2 aliphatic rings. The molecule has 0 heterocycles. The predicted molar refractivity (Wildman–Crippen MR) is 74.2 cm³/mol. The molecule has 0 N–H and O–H groups in total. The highest BCUT2D eigenvalue weighted by Crippen LogP contribution is 2.47. The zero-order valence-corrected chi connectivity index (χ0v) is 11.0. The van der Waals surface area contributed by atoms with Crippen molar-refractivity contribution in [2.24, 2.45) is 5.92 Å². The van der Waals surface area contributed by atoms with Crippen molar-refractivity contribution < 1.29 is 0 Å². The first kappa shape index (κ1) is 11.1. The monoisotopic (exact) mass is 226 g/mol. The Kier molecular flexibility index (Phi) is 2.82. The van der Waals surface area contributed by atoms with Crippen molar-refractivity contribution in [2.75, 3.05) is 0 Å². The van der Waals surface area contributed by atoms with Crippen LogP contribution in [0.5, 0.6) is 0 Å². The largest absolute Gasteiger partial charge is 0.0763 e. The summed E-state index contributed by atoms with van der Waals surface area (Å²) in [5.74, 6) is 1.63. The molecule has 0 bridgehead atoms. The Labute approximate surface area is 105 Å². The SMILES string of the molecule is CCCCC1c2cccc3c2C(=CC3)CC1C. The van der Waals surface area contributed by atoms with Crippen molar-refractivity contribution in [1.82, 2.24) is 0 Å². The lowest BCUT2D eigenvalue weighted by atomic mass is 9.72. The predicted octanol–water partition coefficient (Wildman–Crippen LogP) is 4.94. The summed E-state index contributed by atoms with van der Waals surface area (Å²) in [7, 11) is 0. The summed E-state index contributed by atoms with van der Waals surface area (Å²) >= 11 is 0. The van der Waals surface area contributed by atoms with Gasteiger partial charge in [0, 0.05) is 0 Å². The van der Waals surface area contributed by atoms with E-state index in [4.69, 9.17) is 0 Å². The van der Waals surface area contributed by atoms with E-state index >= 15 is 0 Å².